The summed E-state index contributed by atoms with van der Waals surface area (Å²) in [5.74, 6) is -0.0966. The van der Waals surface area contributed by atoms with Crippen molar-refractivity contribution in [2.45, 2.75) is 20.3 Å². The Labute approximate surface area is 111 Å². The summed E-state index contributed by atoms with van der Waals surface area (Å²) in [4.78, 5) is 13.7. The van der Waals surface area contributed by atoms with E-state index in [9.17, 15) is 4.79 Å². The molecule has 4 heteroatoms. The van der Waals surface area contributed by atoms with Crippen LogP contribution in [0.3, 0.4) is 0 Å². The molecule has 3 N–H and O–H groups in total. The topological polar surface area (TPSA) is 55.1 Å². The van der Waals surface area contributed by atoms with Crippen molar-refractivity contribution in [2.75, 3.05) is 11.1 Å². The van der Waals surface area contributed by atoms with Gasteiger partial charge in [-0.3, -0.25) is 4.79 Å². The van der Waals surface area contributed by atoms with Crippen LogP contribution in [-0.2, 0) is 6.42 Å². The molecule has 1 aromatic heterocycles. The number of hydrogen-bond acceptors (Lipinski definition) is 3. The third-order valence-electron chi connectivity index (χ3n) is 2.83. The standard InChI is InChI=1S/C14H16N2OS/c1-3-10-6-4-5-7-12(10)16-14(17)13-8-11(15)9(2)18-13/h4-8H,3,15H2,1-2H3,(H,16,17). The minimum absolute atomic E-state index is 0.0966. The third kappa shape index (κ3) is 2.54. The van der Waals surface area contributed by atoms with E-state index in [0.717, 1.165) is 22.5 Å². The lowest BCUT2D eigenvalue weighted by Gasteiger charge is -2.08. The van der Waals surface area contributed by atoms with Crippen molar-refractivity contribution in [3.8, 4) is 0 Å². The molecule has 0 atom stereocenters. The Bertz CT molecular complexity index is 555. The largest absolute Gasteiger partial charge is 0.398 e. The summed E-state index contributed by atoms with van der Waals surface area (Å²) in [5, 5.41) is 2.93. The first-order valence-electron chi connectivity index (χ1n) is 5.87. The number of nitrogens with one attached hydrogen (secondary N) is 1. The van der Waals surface area contributed by atoms with E-state index in [1.165, 1.54) is 11.3 Å². The summed E-state index contributed by atoms with van der Waals surface area (Å²) in [6.45, 7) is 3.98. The molecular formula is C14H16N2OS. The Balaban J connectivity index is 2.21. The zero-order valence-electron chi connectivity index (χ0n) is 10.5. The number of benzene rings is 1. The van der Waals surface area contributed by atoms with Crippen molar-refractivity contribution in [2.24, 2.45) is 0 Å². The van der Waals surface area contributed by atoms with E-state index in [1.54, 1.807) is 6.07 Å². The Morgan fingerprint density at radius 2 is 2.11 bits per heavy atom. The fourth-order valence-electron chi connectivity index (χ4n) is 1.74. The van der Waals surface area contributed by atoms with Gasteiger partial charge >= 0.3 is 0 Å². The molecule has 94 valence electrons. The van der Waals surface area contributed by atoms with Gasteiger partial charge in [0, 0.05) is 16.3 Å². The fourth-order valence-corrected chi connectivity index (χ4v) is 2.58. The third-order valence-corrected chi connectivity index (χ3v) is 3.89. The summed E-state index contributed by atoms with van der Waals surface area (Å²) in [7, 11) is 0. The Morgan fingerprint density at radius 3 is 2.72 bits per heavy atom. The van der Waals surface area contributed by atoms with Crippen LogP contribution in [0.2, 0.25) is 0 Å². The minimum atomic E-state index is -0.0966. The summed E-state index contributed by atoms with van der Waals surface area (Å²) in [5.41, 5.74) is 8.43. The maximum Gasteiger partial charge on any atom is 0.265 e. The normalized spacial score (nSPS) is 10.3. The van der Waals surface area contributed by atoms with Crippen molar-refractivity contribution in [3.05, 3.63) is 45.6 Å². The SMILES string of the molecule is CCc1ccccc1NC(=O)c1cc(N)c(C)s1. The van der Waals surface area contributed by atoms with E-state index in [0.29, 0.717) is 10.6 Å². The maximum atomic E-state index is 12.1. The zero-order valence-corrected chi connectivity index (χ0v) is 11.3. The number of anilines is 2. The monoisotopic (exact) mass is 260 g/mol. The average Bonchev–Trinajstić information content (AvgIpc) is 2.70. The number of nitrogens with two attached hydrogens (primary N) is 1. The second-order valence-corrected chi connectivity index (χ2v) is 5.34. The van der Waals surface area contributed by atoms with Gasteiger partial charge in [-0.25, -0.2) is 0 Å². The predicted octanol–water partition coefficient (Wildman–Crippen LogP) is 3.45. The zero-order chi connectivity index (χ0) is 13.1. The van der Waals surface area contributed by atoms with Gasteiger partial charge in [-0.1, -0.05) is 25.1 Å². The highest BCUT2D eigenvalue weighted by Crippen LogP contribution is 2.25. The predicted molar refractivity (Wildman–Crippen MR) is 77.2 cm³/mol. The highest BCUT2D eigenvalue weighted by molar-refractivity contribution is 7.14. The van der Waals surface area contributed by atoms with Gasteiger partial charge in [-0.2, -0.15) is 0 Å². The van der Waals surface area contributed by atoms with Crippen LogP contribution in [0.5, 0.6) is 0 Å². The molecule has 0 aliphatic heterocycles. The fraction of sp³-hybridized carbons (Fsp3) is 0.214. The van der Waals surface area contributed by atoms with Crippen molar-refractivity contribution in [1.82, 2.24) is 0 Å². The van der Waals surface area contributed by atoms with Gasteiger partial charge in [-0.05, 0) is 31.0 Å². The summed E-state index contributed by atoms with van der Waals surface area (Å²) in [6, 6.07) is 9.55. The molecule has 0 aliphatic carbocycles. The smallest absolute Gasteiger partial charge is 0.265 e. The Morgan fingerprint density at radius 1 is 1.39 bits per heavy atom. The second-order valence-electron chi connectivity index (χ2n) is 4.09. The van der Waals surface area contributed by atoms with Gasteiger partial charge in [0.2, 0.25) is 0 Å². The minimum Gasteiger partial charge on any atom is -0.398 e. The van der Waals surface area contributed by atoms with Gasteiger partial charge in [0.1, 0.15) is 0 Å². The highest BCUT2D eigenvalue weighted by Gasteiger charge is 2.12. The van der Waals surface area contributed by atoms with Crippen molar-refractivity contribution >= 4 is 28.6 Å². The number of carbonyl (C=O) groups excluding carboxylic acids is 1. The number of rotatable bonds is 3. The van der Waals surface area contributed by atoms with Gasteiger partial charge in [0.15, 0.2) is 0 Å². The number of aryl methyl sites for hydroxylation is 2. The number of thiophene rings is 1. The van der Waals surface area contributed by atoms with Crippen LogP contribution < -0.4 is 11.1 Å². The summed E-state index contributed by atoms with van der Waals surface area (Å²) < 4.78 is 0. The lowest BCUT2D eigenvalue weighted by molar-refractivity contribution is 0.103. The van der Waals surface area contributed by atoms with E-state index in [-0.39, 0.29) is 5.91 Å². The molecule has 0 saturated heterocycles. The van der Waals surface area contributed by atoms with Crippen molar-refractivity contribution in [1.29, 1.82) is 0 Å². The molecule has 0 spiro atoms. The molecule has 0 aliphatic rings. The Hall–Kier alpha value is -1.81. The van der Waals surface area contributed by atoms with Crippen LogP contribution in [0.1, 0.15) is 27.0 Å². The van der Waals surface area contributed by atoms with Crippen LogP contribution in [-0.4, -0.2) is 5.91 Å². The van der Waals surface area contributed by atoms with Crippen LogP contribution >= 0.6 is 11.3 Å². The van der Waals surface area contributed by atoms with Gasteiger partial charge in [-0.15, -0.1) is 11.3 Å². The molecule has 0 fully saturated rings. The first-order chi connectivity index (χ1) is 8.61. The number of amides is 1. The molecule has 2 aromatic rings. The van der Waals surface area contributed by atoms with E-state index >= 15 is 0 Å². The molecular weight excluding hydrogens is 244 g/mol. The molecule has 2 rings (SSSR count). The molecule has 3 nitrogen and oxygen atoms in total. The van der Waals surface area contributed by atoms with Crippen LogP contribution in [0.4, 0.5) is 11.4 Å². The molecule has 0 bridgehead atoms. The lowest BCUT2D eigenvalue weighted by Crippen LogP contribution is -2.11. The number of carbonyl (C=O) groups is 1. The summed E-state index contributed by atoms with van der Waals surface area (Å²) >= 11 is 1.42. The molecule has 1 aromatic carbocycles. The van der Waals surface area contributed by atoms with Crippen molar-refractivity contribution < 1.29 is 4.79 Å². The molecule has 1 heterocycles. The van der Waals surface area contributed by atoms with E-state index < -0.39 is 0 Å². The molecule has 0 saturated carbocycles. The van der Waals surface area contributed by atoms with Crippen LogP contribution in [0.15, 0.2) is 30.3 Å². The number of hydrogen-bond donors (Lipinski definition) is 2. The van der Waals surface area contributed by atoms with Crippen LogP contribution in [0, 0.1) is 6.92 Å². The number of nitrogen functional groups attached to an aromatic ring is 1. The van der Waals surface area contributed by atoms with Crippen molar-refractivity contribution in [3.63, 3.8) is 0 Å². The molecule has 1 amide bonds. The Kier molecular flexibility index (Phi) is 3.67. The molecule has 0 unspecified atom stereocenters. The van der Waals surface area contributed by atoms with Crippen LogP contribution in [0.25, 0.3) is 0 Å². The van der Waals surface area contributed by atoms with E-state index in [2.05, 4.69) is 12.2 Å². The van der Waals surface area contributed by atoms with E-state index in [4.69, 9.17) is 5.73 Å². The molecule has 18 heavy (non-hydrogen) atoms. The quantitative estimate of drug-likeness (QED) is 0.888. The van der Waals surface area contributed by atoms with Gasteiger partial charge in [0.25, 0.3) is 5.91 Å². The van der Waals surface area contributed by atoms with Gasteiger partial charge < -0.3 is 11.1 Å². The van der Waals surface area contributed by atoms with Gasteiger partial charge in [0.05, 0.1) is 4.88 Å². The maximum absolute atomic E-state index is 12.1. The first-order valence-corrected chi connectivity index (χ1v) is 6.68. The number of para-hydroxylation sites is 1. The van der Waals surface area contributed by atoms with E-state index in [1.807, 2.05) is 31.2 Å². The second kappa shape index (κ2) is 5.23. The average molecular weight is 260 g/mol. The molecule has 0 radical (unpaired) electrons. The summed E-state index contributed by atoms with van der Waals surface area (Å²) in [6.07, 6.45) is 0.891. The first kappa shape index (κ1) is 12.6. The highest BCUT2D eigenvalue weighted by atomic mass is 32.1. The lowest BCUT2D eigenvalue weighted by atomic mass is 10.1.